The third kappa shape index (κ3) is 3.39. The molecule has 0 aliphatic heterocycles. The first-order valence-corrected chi connectivity index (χ1v) is 6.15. The van der Waals surface area contributed by atoms with Gasteiger partial charge in [0.05, 0.1) is 10.7 Å². The first-order chi connectivity index (χ1) is 9.22. The van der Waals surface area contributed by atoms with Crippen LogP contribution in [-0.4, -0.2) is 13.5 Å². The van der Waals surface area contributed by atoms with Gasteiger partial charge < -0.3 is 16.0 Å². The Bertz CT molecular complexity index is 569. The molecule has 0 radical (unpaired) electrons. The van der Waals surface area contributed by atoms with Crippen LogP contribution >= 0.6 is 11.6 Å². The van der Waals surface area contributed by atoms with E-state index in [1.165, 1.54) is 0 Å². The average molecular weight is 276 g/mol. The van der Waals surface area contributed by atoms with E-state index in [0.29, 0.717) is 17.1 Å². The minimum atomic E-state index is 0.546. The van der Waals surface area contributed by atoms with Crippen LogP contribution in [0.1, 0.15) is 0 Å². The Hall–Kier alpha value is -2.20. The van der Waals surface area contributed by atoms with Gasteiger partial charge >= 0.3 is 0 Å². The smallest absolute Gasteiger partial charge is 0.211 e. The van der Waals surface area contributed by atoms with Crippen LogP contribution in [0.4, 0.5) is 22.7 Å². The Balaban J connectivity index is 2.15. The van der Waals surface area contributed by atoms with Crippen LogP contribution in [0.5, 0.6) is 0 Å². The highest BCUT2D eigenvalue weighted by atomic mass is 35.5. The zero-order valence-electron chi connectivity index (χ0n) is 10.4. The van der Waals surface area contributed by atoms with Gasteiger partial charge in [-0.1, -0.05) is 11.6 Å². The van der Waals surface area contributed by atoms with Crippen molar-refractivity contribution in [2.24, 2.45) is 0 Å². The minimum absolute atomic E-state index is 0.546. The van der Waals surface area contributed by atoms with Gasteiger partial charge in [-0.15, -0.1) is 0 Å². The molecule has 0 unspecified atom stereocenters. The van der Waals surface area contributed by atoms with Gasteiger partial charge in [-0.2, -0.15) is 0 Å². The highest BCUT2D eigenvalue weighted by Gasteiger charge is 2.02. The van der Waals surface area contributed by atoms with Crippen LogP contribution in [0.25, 0.3) is 0 Å². The number of carbonyl (C=O) groups excluding carboxylic acids is 1. The van der Waals surface area contributed by atoms with E-state index in [1.54, 1.807) is 12.1 Å². The summed E-state index contributed by atoms with van der Waals surface area (Å²) in [6, 6.07) is 13.2. The molecule has 19 heavy (non-hydrogen) atoms. The van der Waals surface area contributed by atoms with Crippen LogP contribution < -0.4 is 16.0 Å². The van der Waals surface area contributed by atoms with Crippen molar-refractivity contribution in [1.82, 2.24) is 0 Å². The molecular weight excluding hydrogens is 262 g/mol. The molecule has 98 valence electrons. The summed E-state index contributed by atoms with van der Waals surface area (Å²) in [6.07, 6.45) is 0.620. The number of anilines is 4. The Kier molecular flexibility index (Phi) is 4.26. The maximum atomic E-state index is 10.3. The van der Waals surface area contributed by atoms with Crippen molar-refractivity contribution in [1.29, 1.82) is 0 Å². The molecule has 2 aromatic carbocycles. The molecule has 0 aliphatic rings. The number of hydrogen-bond donors (Lipinski definition) is 3. The summed E-state index contributed by atoms with van der Waals surface area (Å²) in [4.78, 5) is 10.3. The van der Waals surface area contributed by atoms with Crippen molar-refractivity contribution in [2.45, 2.75) is 0 Å². The Labute approximate surface area is 116 Å². The Morgan fingerprint density at radius 2 is 1.63 bits per heavy atom. The highest BCUT2D eigenvalue weighted by molar-refractivity contribution is 6.33. The van der Waals surface area contributed by atoms with Gasteiger partial charge in [0.1, 0.15) is 0 Å². The second-order valence-electron chi connectivity index (χ2n) is 3.91. The second kappa shape index (κ2) is 6.11. The lowest BCUT2D eigenvalue weighted by atomic mass is 10.2. The predicted molar refractivity (Wildman–Crippen MR) is 80.4 cm³/mol. The molecule has 0 fully saturated rings. The van der Waals surface area contributed by atoms with Crippen molar-refractivity contribution in [3.63, 3.8) is 0 Å². The van der Waals surface area contributed by atoms with Crippen molar-refractivity contribution >= 4 is 40.8 Å². The summed E-state index contributed by atoms with van der Waals surface area (Å²) in [5.74, 6) is 0. The lowest BCUT2D eigenvalue weighted by molar-refractivity contribution is -0.105. The number of halogens is 1. The van der Waals surface area contributed by atoms with E-state index in [2.05, 4.69) is 16.0 Å². The third-order valence-electron chi connectivity index (χ3n) is 2.65. The zero-order valence-corrected chi connectivity index (χ0v) is 11.2. The van der Waals surface area contributed by atoms with Crippen LogP contribution in [-0.2, 0) is 4.79 Å². The van der Waals surface area contributed by atoms with E-state index in [1.807, 2.05) is 37.4 Å². The van der Waals surface area contributed by atoms with E-state index in [-0.39, 0.29) is 0 Å². The molecule has 0 aromatic heterocycles. The first kappa shape index (κ1) is 13.2. The summed E-state index contributed by atoms with van der Waals surface area (Å²) >= 11 is 6.14. The summed E-state index contributed by atoms with van der Waals surface area (Å²) in [6.45, 7) is 0. The van der Waals surface area contributed by atoms with E-state index in [4.69, 9.17) is 11.6 Å². The van der Waals surface area contributed by atoms with Crippen molar-refractivity contribution < 1.29 is 4.79 Å². The lowest BCUT2D eigenvalue weighted by Gasteiger charge is -2.10. The molecule has 2 rings (SSSR count). The number of hydrogen-bond acceptors (Lipinski definition) is 3. The zero-order chi connectivity index (χ0) is 13.7. The van der Waals surface area contributed by atoms with E-state index in [9.17, 15) is 4.79 Å². The molecule has 0 spiro atoms. The number of benzene rings is 2. The largest absolute Gasteiger partial charge is 0.388 e. The van der Waals surface area contributed by atoms with Crippen molar-refractivity contribution in [2.75, 3.05) is 23.0 Å². The molecule has 0 saturated carbocycles. The topological polar surface area (TPSA) is 53.2 Å². The first-order valence-electron chi connectivity index (χ1n) is 5.77. The summed E-state index contributed by atoms with van der Waals surface area (Å²) in [5.41, 5.74) is 3.44. The average Bonchev–Trinajstić information content (AvgIpc) is 2.43. The van der Waals surface area contributed by atoms with Gasteiger partial charge in [-0.3, -0.25) is 4.79 Å². The molecule has 4 nitrogen and oxygen atoms in total. The summed E-state index contributed by atoms with van der Waals surface area (Å²) in [7, 11) is 1.87. The molecule has 5 heteroatoms. The summed E-state index contributed by atoms with van der Waals surface area (Å²) < 4.78 is 0. The standard InChI is InChI=1S/C14H14ClN3O/c1-16-10-2-4-11(5-3-10)18-14-7-6-12(17-9-19)8-13(14)15/h2-9,16,18H,1H3,(H,17,19). The van der Waals surface area contributed by atoms with Gasteiger partial charge in [-0.25, -0.2) is 0 Å². The highest BCUT2D eigenvalue weighted by Crippen LogP contribution is 2.28. The van der Waals surface area contributed by atoms with Crippen LogP contribution in [0.2, 0.25) is 5.02 Å². The predicted octanol–water partition coefficient (Wildman–Crippen LogP) is 3.69. The lowest BCUT2D eigenvalue weighted by Crippen LogP contribution is -1.96. The number of carbonyl (C=O) groups is 1. The van der Waals surface area contributed by atoms with E-state index >= 15 is 0 Å². The number of nitrogens with one attached hydrogen (secondary N) is 3. The quantitative estimate of drug-likeness (QED) is 0.730. The molecule has 0 atom stereocenters. The molecule has 3 N–H and O–H groups in total. The van der Waals surface area contributed by atoms with Gasteiger partial charge in [0.2, 0.25) is 6.41 Å². The number of amides is 1. The SMILES string of the molecule is CNc1ccc(Nc2ccc(NC=O)cc2Cl)cc1. The minimum Gasteiger partial charge on any atom is -0.388 e. The van der Waals surface area contributed by atoms with E-state index < -0.39 is 0 Å². The van der Waals surface area contributed by atoms with Crippen LogP contribution in [0.3, 0.4) is 0 Å². The summed E-state index contributed by atoms with van der Waals surface area (Å²) in [5, 5.41) is 9.37. The van der Waals surface area contributed by atoms with Crippen LogP contribution in [0.15, 0.2) is 42.5 Å². The molecule has 2 aromatic rings. The molecule has 1 amide bonds. The fraction of sp³-hybridized carbons (Fsp3) is 0.0714. The molecule has 0 saturated heterocycles. The van der Waals surface area contributed by atoms with Gasteiger partial charge in [0, 0.05) is 24.1 Å². The monoisotopic (exact) mass is 275 g/mol. The Morgan fingerprint density at radius 1 is 1.00 bits per heavy atom. The molecule has 0 bridgehead atoms. The third-order valence-corrected chi connectivity index (χ3v) is 2.96. The fourth-order valence-electron chi connectivity index (χ4n) is 1.65. The number of rotatable bonds is 5. The second-order valence-corrected chi connectivity index (χ2v) is 4.32. The van der Waals surface area contributed by atoms with Crippen molar-refractivity contribution in [3.8, 4) is 0 Å². The van der Waals surface area contributed by atoms with E-state index in [0.717, 1.165) is 17.1 Å². The van der Waals surface area contributed by atoms with Crippen molar-refractivity contribution in [3.05, 3.63) is 47.5 Å². The normalized spacial score (nSPS) is 9.79. The van der Waals surface area contributed by atoms with Gasteiger partial charge in [0.25, 0.3) is 0 Å². The maximum Gasteiger partial charge on any atom is 0.211 e. The van der Waals surface area contributed by atoms with Gasteiger partial charge in [-0.05, 0) is 42.5 Å². The maximum absolute atomic E-state index is 10.3. The van der Waals surface area contributed by atoms with Crippen LogP contribution in [0, 0.1) is 0 Å². The fourth-order valence-corrected chi connectivity index (χ4v) is 1.88. The molecular formula is C14H14ClN3O. The molecule has 0 aliphatic carbocycles. The molecule has 0 heterocycles. The van der Waals surface area contributed by atoms with Gasteiger partial charge in [0.15, 0.2) is 0 Å². The Morgan fingerprint density at radius 3 is 2.21 bits per heavy atom.